The Morgan fingerprint density at radius 3 is 3.00 bits per heavy atom. The van der Waals surface area contributed by atoms with Gasteiger partial charge in [-0.25, -0.2) is 9.50 Å². The SMILES string of the molecule is CCC(C)Sc1nnc(CSc2nc3nc(C)ccn3n2)o1. The third kappa shape index (κ3) is 3.58. The van der Waals surface area contributed by atoms with Crippen molar-refractivity contribution >= 4 is 29.3 Å². The Labute approximate surface area is 136 Å². The Hall–Kier alpha value is -1.61. The lowest BCUT2D eigenvalue weighted by Crippen LogP contribution is -1.91. The molecule has 0 aromatic carbocycles. The molecule has 0 amide bonds. The van der Waals surface area contributed by atoms with Gasteiger partial charge < -0.3 is 4.42 Å². The average Bonchev–Trinajstić information content (AvgIpc) is 3.10. The summed E-state index contributed by atoms with van der Waals surface area (Å²) in [5, 5.41) is 14.2. The van der Waals surface area contributed by atoms with Gasteiger partial charge >= 0.3 is 0 Å². The van der Waals surface area contributed by atoms with Crippen LogP contribution < -0.4 is 0 Å². The van der Waals surface area contributed by atoms with Gasteiger partial charge in [0.05, 0.1) is 5.75 Å². The van der Waals surface area contributed by atoms with E-state index in [4.69, 9.17) is 4.42 Å². The molecule has 3 aromatic heterocycles. The molecule has 3 aromatic rings. The highest BCUT2D eigenvalue weighted by Gasteiger charge is 2.12. The van der Waals surface area contributed by atoms with Gasteiger partial charge in [-0.15, -0.1) is 15.3 Å². The van der Waals surface area contributed by atoms with Crippen molar-refractivity contribution in [3.05, 3.63) is 23.8 Å². The quantitative estimate of drug-likeness (QED) is 0.635. The van der Waals surface area contributed by atoms with E-state index < -0.39 is 0 Å². The maximum Gasteiger partial charge on any atom is 0.276 e. The van der Waals surface area contributed by atoms with Gasteiger partial charge in [0, 0.05) is 17.1 Å². The first-order chi connectivity index (χ1) is 10.6. The molecule has 0 fully saturated rings. The number of nitrogens with zero attached hydrogens (tertiary/aromatic N) is 6. The summed E-state index contributed by atoms with van der Waals surface area (Å²) in [6.07, 6.45) is 2.91. The monoisotopic (exact) mass is 336 g/mol. The summed E-state index contributed by atoms with van der Waals surface area (Å²) in [6, 6.07) is 1.90. The van der Waals surface area contributed by atoms with Crippen LogP contribution in [-0.4, -0.2) is 35.0 Å². The summed E-state index contributed by atoms with van der Waals surface area (Å²) in [5.74, 6) is 1.73. The molecule has 9 heteroatoms. The maximum atomic E-state index is 5.61. The van der Waals surface area contributed by atoms with Crippen molar-refractivity contribution < 1.29 is 4.42 Å². The normalized spacial score (nSPS) is 12.9. The van der Waals surface area contributed by atoms with Crippen molar-refractivity contribution in [1.29, 1.82) is 0 Å². The van der Waals surface area contributed by atoms with Crippen molar-refractivity contribution in [2.75, 3.05) is 0 Å². The first-order valence-corrected chi connectivity index (χ1v) is 8.82. The molecule has 0 aliphatic rings. The Morgan fingerprint density at radius 2 is 2.18 bits per heavy atom. The highest BCUT2D eigenvalue weighted by atomic mass is 32.2. The van der Waals surface area contributed by atoms with Crippen LogP contribution in [0.5, 0.6) is 0 Å². The lowest BCUT2D eigenvalue weighted by molar-refractivity contribution is 0.425. The Kier molecular flexibility index (Phi) is 4.63. The minimum atomic E-state index is 0.468. The third-order valence-electron chi connectivity index (χ3n) is 2.98. The fourth-order valence-corrected chi connectivity index (χ4v) is 3.04. The molecule has 7 nitrogen and oxygen atoms in total. The summed E-state index contributed by atoms with van der Waals surface area (Å²) in [7, 11) is 0. The van der Waals surface area contributed by atoms with Crippen LogP contribution in [0.15, 0.2) is 27.1 Å². The lowest BCUT2D eigenvalue weighted by Gasteiger charge is -2.01. The van der Waals surface area contributed by atoms with Crippen molar-refractivity contribution in [2.45, 2.75) is 48.6 Å². The van der Waals surface area contributed by atoms with Crippen LogP contribution in [0.4, 0.5) is 0 Å². The molecule has 116 valence electrons. The smallest absolute Gasteiger partial charge is 0.276 e. The van der Waals surface area contributed by atoms with Crippen molar-refractivity contribution in [2.24, 2.45) is 0 Å². The van der Waals surface area contributed by atoms with Gasteiger partial charge in [-0.3, -0.25) is 0 Å². The fraction of sp³-hybridized carbons (Fsp3) is 0.462. The third-order valence-corrected chi connectivity index (χ3v) is 4.90. The van der Waals surface area contributed by atoms with Gasteiger partial charge in [-0.1, -0.05) is 37.4 Å². The van der Waals surface area contributed by atoms with E-state index in [0.717, 1.165) is 12.1 Å². The van der Waals surface area contributed by atoms with E-state index in [1.165, 1.54) is 11.8 Å². The van der Waals surface area contributed by atoms with Crippen molar-refractivity contribution in [3.8, 4) is 0 Å². The zero-order valence-electron chi connectivity index (χ0n) is 12.6. The molecule has 0 bridgehead atoms. The lowest BCUT2D eigenvalue weighted by atomic mass is 10.4. The number of rotatable bonds is 6. The fourth-order valence-electron chi connectivity index (χ4n) is 1.63. The standard InChI is InChI=1S/C13H16N6OS2/c1-4-9(3)22-13-17-16-10(20-13)7-21-12-15-11-14-8(2)5-6-19(11)18-12/h5-6,9H,4,7H2,1-3H3. The highest BCUT2D eigenvalue weighted by Crippen LogP contribution is 2.25. The summed E-state index contributed by atoms with van der Waals surface area (Å²) in [6.45, 7) is 6.20. The van der Waals surface area contributed by atoms with Gasteiger partial charge in [-0.2, -0.15) is 4.98 Å². The molecular formula is C13H16N6OS2. The molecule has 0 saturated carbocycles. The van der Waals surface area contributed by atoms with Crippen LogP contribution in [0, 0.1) is 6.92 Å². The molecule has 22 heavy (non-hydrogen) atoms. The predicted octanol–water partition coefficient (Wildman–Crippen LogP) is 3.00. The minimum absolute atomic E-state index is 0.468. The molecule has 1 unspecified atom stereocenters. The molecule has 0 radical (unpaired) electrons. The summed E-state index contributed by atoms with van der Waals surface area (Å²) in [4.78, 5) is 8.68. The zero-order chi connectivity index (χ0) is 15.5. The number of aryl methyl sites for hydroxylation is 1. The van der Waals surface area contributed by atoms with Gasteiger partial charge in [0.15, 0.2) is 0 Å². The average molecular weight is 336 g/mol. The zero-order valence-corrected chi connectivity index (χ0v) is 14.2. The molecule has 0 aliphatic heterocycles. The van der Waals surface area contributed by atoms with E-state index in [1.54, 1.807) is 16.3 Å². The molecule has 3 rings (SSSR count). The number of hydrogen-bond donors (Lipinski definition) is 0. The Balaban J connectivity index is 1.63. The van der Waals surface area contributed by atoms with Crippen LogP contribution >= 0.6 is 23.5 Å². The van der Waals surface area contributed by atoms with E-state index in [1.807, 2.05) is 19.2 Å². The molecular weight excluding hydrogens is 320 g/mol. The van der Waals surface area contributed by atoms with Crippen LogP contribution in [0.25, 0.3) is 5.78 Å². The van der Waals surface area contributed by atoms with Crippen molar-refractivity contribution in [3.63, 3.8) is 0 Å². The van der Waals surface area contributed by atoms with Crippen molar-refractivity contribution in [1.82, 2.24) is 29.8 Å². The number of thioether (sulfide) groups is 2. The number of fused-ring (bicyclic) bond motifs is 1. The highest BCUT2D eigenvalue weighted by molar-refractivity contribution is 7.99. The van der Waals surface area contributed by atoms with Crippen LogP contribution in [-0.2, 0) is 5.75 Å². The van der Waals surface area contributed by atoms with Gasteiger partial charge in [0.2, 0.25) is 11.0 Å². The van der Waals surface area contributed by atoms with E-state index in [9.17, 15) is 0 Å². The van der Waals surface area contributed by atoms with Crippen LogP contribution in [0.1, 0.15) is 31.9 Å². The second-order valence-corrected chi connectivity index (χ2v) is 7.13. The van der Waals surface area contributed by atoms with E-state index in [-0.39, 0.29) is 0 Å². The van der Waals surface area contributed by atoms with Gasteiger partial charge in [0.25, 0.3) is 11.0 Å². The summed E-state index contributed by atoms with van der Waals surface area (Å²) in [5.41, 5.74) is 0.917. The maximum absolute atomic E-state index is 5.61. The second kappa shape index (κ2) is 6.66. The molecule has 0 spiro atoms. The van der Waals surface area contributed by atoms with Crippen LogP contribution in [0.2, 0.25) is 0 Å². The number of hydrogen-bond acceptors (Lipinski definition) is 8. The van der Waals surface area contributed by atoms with E-state index in [0.29, 0.717) is 33.1 Å². The van der Waals surface area contributed by atoms with Gasteiger partial charge in [-0.05, 0) is 19.4 Å². The predicted molar refractivity (Wildman–Crippen MR) is 85.0 cm³/mol. The summed E-state index contributed by atoms with van der Waals surface area (Å²) >= 11 is 3.05. The summed E-state index contributed by atoms with van der Waals surface area (Å²) < 4.78 is 7.27. The van der Waals surface area contributed by atoms with Crippen LogP contribution in [0.3, 0.4) is 0 Å². The number of aromatic nitrogens is 6. The Morgan fingerprint density at radius 1 is 1.32 bits per heavy atom. The molecule has 0 aliphatic carbocycles. The first-order valence-electron chi connectivity index (χ1n) is 6.96. The minimum Gasteiger partial charge on any atom is -0.415 e. The molecule has 0 N–H and O–H groups in total. The first kappa shape index (κ1) is 15.3. The second-order valence-electron chi connectivity index (χ2n) is 4.79. The van der Waals surface area contributed by atoms with E-state index >= 15 is 0 Å². The molecule has 0 saturated heterocycles. The largest absolute Gasteiger partial charge is 0.415 e. The molecule has 3 heterocycles. The topological polar surface area (TPSA) is 82.0 Å². The Bertz CT molecular complexity index is 771. The van der Waals surface area contributed by atoms with Gasteiger partial charge in [0.1, 0.15) is 0 Å². The molecule has 1 atom stereocenters. The van der Waals surface area contributed by atoms with E-state index in [2.05, 4.69) is 39.1 Å².